The summed E-state index contributed by atoms with van der Waals surface area (Å²) in [4.78, 5) is 10.6. The zero-order valence-corrected chi connectivity index (χ0v) is 10.5. The van der Waals surface area contributed by atoms with Crippen LogP contribution in [-0.4, -0.2) is 11.7 Å². The van der Waals surface area contributed by atoms with Crippen molar-refractivity contribution in [3.05, 3.63) is 29.8 Å². The average Bonchev–Trinajstić information content (AvgIpc) is 2.38. The second kappa shape index (κ2) is 5.67. The van der Waals surface area contributed by atoms with Crippen LogP contribution in [0.5, 0.6) is 0 Å². The lowest BCUT2D eigenvalue weighted by Crippen LogP contribution is -2.22. The van der Waals surface area contributed by atoms with Crippen molar-refractivity contribution in [3.8, 4) is 0 Å². The molecule has 1 aromatic carbocycles. The maximum absolute atomic E-state index is 10.6. The fraction of sp³-hybridized carbons (Fsp3) is 0.429. The number of nitrogens with one attached hydrogen (secondary N) is 1. The average molecular weight is 245 g/mol. The van der Waals surface area contributed by atoms with Gasteiger partial charge in [0.05, 0.1) is 11.7 Å². The molecule has 96 valence electrons. The molecule has 1 aromatic rings. The Morgan fingerprint density at radius 1 is 1.33 bits per heavy atom. The maximum atomic E-state index is 10.6. The number of carboxylic acid groups (broad SMARTS) is 1. The minimum Gasteiger partial charge on any atom is -0.545 e. The van der Waals surface area contributed by atoms with Crippen LogP contribution < -0.4 is 10.5 Å². The summed E-state index contributed by atoms with van der Waals surface area (Å²) >= 11 is 0. The summed E-state index contributed by atoms with van der Waals surface area (Å²) in [5.74, 6) is -0.623. The highest BCUT2D eigenvalue weighted by Crippen LogP contribution is 2.21. The molecule has 1 N–H and O–H groups in total. The topological polar surface area (TPSA) is 64.5 Å². The highest BCUT2D eigenvalue weighted by atomic mass is 16.4. The molecule has 0 spiro atoms. The Hall–Kier alpha value is -1.84. The van der Waals surface area contributed by atoms with Crippen LogP contribution in [0.3, 0.4) is 0 Å². The molecule has 0 heterocycles. The molecule has 1 atom stereocenters. The van der Waals surface area contributed by atoms with Crippen molar-refractivity contribution < 1.29 is 9.90 Å². The van der Waals surface area contributed by atoms with E-state index in [-0.39, 0.29) is 5.56 Å². The van der Waals surface area contributed by atoms with Gasteiger partial charge in [0.25, 0.3) is 0 Å². The first-order chi connectivity index (χ1) is 8.66. The zero-order valence-electron chi connectivity index (χ0n) is 10.5. The minimum atomic E-state index is -1.16. The van der Waals surface area contributed by atoms with Crippen LogP contribution in [0.1, 0.15) is 43.0 Å². The van der Waals surface area contributed by atoms with Crippen LogP contribution in [0.15, 0.2) is 29.4 Å². The Kier molecular flexibility index (Phi) is 3.97. The molecule has 0 aliphatic heterocycles. The van der Waals surface area contributed by atoms with Crippen molar-refractivity contribution in [1.82, 2.24) is 0 Å². The van der Waals surface area contributed by atoms with E-state index in [1.807, 2.05) is 0 Å². The number of nitrogens with zero attached hydrogens (tertiary/aromatic N) is 1. The van der Waals surface area contributed by atoms with Gasteiger partial charge in [-0.15, -0.1) is 0 Å². The van der Waals surface area contributed by atoms with Crippen LogP contribution >= 0.6 is 0 Å². The molecular formula is C14H17N2O2-. The highest BCUT2D eigenvalue weighted by molar-refractivity contribution is 5.88. The molecular weight excluding hydrogens is 228 g/mol. The molecule has 1 saturated carbocycles. The molecule has 4 heteroatoms. The van der Waals surface area contributed by atoms with E-state index >= 15 is 0 Å². The van der Waals surface area contributed by atoms with Crippen molar-refractivity contribution in [1.29, 1.82) is 0 Å². The van der Waals surface area contributed by atoms with Gasteiger partial charge in [-0.05, 0) is 42.9 Å². The number of carbonyl (C=O) groups excluding carboxylic acids is 1. The molecule has 0 unspecified atom stereocenters. The highest BCUT2D eigenvalue weighted by Gasteiger charge is 2.15. The van der Waals surface area contributed by atoms with E-state index in [1.165, 1.54) is 37.1 Å². The quantitative estimate of drug-likeness (QED) is 0.829. The van der Waals surface area contributed by atoms with Crippen LogP contribution in [0.4, 0.5) is 5.69 Å². The smallest absolute Gasteiger partial charge is 0.0715 e. The third-order valence-corrected chi connectivity index (χ3v) is 3.34. The van der Waals surface area contributed by atoms with Gasteiger partial charge in [0.15, 0.2) is 0 Å². The standard InChI is InChI=1S/C14H18N2O2/c1-10-4-2-3-5-13(10)16-15-12-8-6-11(7-9-12)14(17)18/h6-10,15H,2-5H2,1H3,(H,17,18)/p-1/b16-13-/t10-/m1/s1. The molecule has 0 radical (unpaired) electrons. The Balaban J connectivity index is 2.01. The number of aromatic carboxylic acids is 1. The van der Waals surface area contributed by atoms with Crippen LogP contribution in [0, 0.1) is 5.92 Å². The molecule has 0 amide bonds. The first kappa shape index (κ1) is 12.6. The molecule has 18 heavy (non-hydrogen) atoms. The van der Waals surface area contributed by atoms with E-state index in [1.54, 1.807) is 12.1 Å². The Bertz CT molecular complexity index is 451. The molecule has 2 rings (SSSR count). The summed E-state index contributed by atoms with van der Waals surface area (Å²) in [5, 5.41) is 15.0. The Morgan fingerprint density at radius 3 is 2.67 bits per heavy atom. The SMILES string of the molecule is C[C@@H]1CCCC/C1=N/Nc1ccc(C(=O)[O-])cc1. The zero-order chi connectivity index (χ0) is 13.0. The predicted octanol–water partition coefficient (Wildman–Crippen LogP) is 2.03. The van der Waals surface area contributed by atoms with Gasteiger partial charge in [-0.2, -0.15) is 5.10 Å². The van der Waals surface area contributed by atoms with Gasteiger partial charge in [-0.25, -0.2) is 0 Å². The number of carbonyl (C=O) groups is 1. The van der Waals surface area contributed by atoms with Gasteiger partial charge >= 0.3 is 0 Å². The number of rotatable bonds is 3. The van der Waals surface area contributed by atoms with Crippen LogP contribution in [0.25, 0.3) is 0 Å². The first-order valence-electron chi connectivity index (χ1n) is 6.30. The largest absolute Gasteiger partial charge is 0.545 e. The van der Waals surface area contributed by atoms with E-state index in [2.05, 4.69) is 17.5 Å². The number of benzene rings is 1. The lowest BCUT2D eigenvalue weighted by Gasteiger charge is -2.20. The fourth-order valence-electron chi connectivity index (χ4n) is 2.15. The monoisotopic (exact) mass is 245 g/mol. The van der Waals surface area contributed by atoms with E-state index in [0.29, 0.717) is 5.92 Å². The van der Waals surface area contributed by atoms with Gasteiger partial charge < -0.3 is 9.90 Å². The number of hydrogen-bond acceptors (Lipinski definition) is 4. The van der Waals surface area contributed by atoms with Crippen LogP contribution in [0.2, 0.25) is 0 Å². The fourth-order valence-corrected chi connectivity index (χ4v) is 2.15. The molecule has 0 bridgehead atoms. The second-order valence-electron chi connectivity index (χ2n) is 4.73. The number of carboxylic acids is 1. The molecule has 0 saturated heterocycles. The summed E-state index contributed by atoms with van der Waals surface area (Å²) in [6, 6.07) is 6.43. The van der Waals surface area contributed by atoms with E-state index < -0.39 is 5.97 Å². The van der Waals surface area contributed by atoms with Gasteiger partial charge in [-0.3, -0.25) is 5.43 Å². The predicted molar refractivity (Wildman–Crippen MR) is 69.5 cm³/mol. The number of hydrazone groups is 1. The summed E-state index contributed by atoms with van der Waals surface area (Å²) < 4.78 is 0. The molecule has 1 aliphatic rings. The van der Waals surface area contributed by atoms with Crippen LogP contribution in [-0.2, 0) is 0 Å². The Morgan fingerprint density at radius 2 is 2.06 bits per heavy atom. The third kappa shape index (κ3) is 3.09. The van der Waals surface area contributed by atoms with E-state index in [4.69, 9.17) is 0 Å². The van der Waals surface area contributed by atoms with Crippen molar-refractivity contribution in [2.45, 2.75) is 32.6 Å². The van der Waals surface area contributed by atoms with E-state index in [9.17, 15) is 9.90 Å². The summed E-state index contributed by atoms with van der Waals surface area (Å²) in [6.07, 6.45) is 4.73. The minimum absolute atomic E-state index is 0.180. The van der Waals surface area contributed by atoms with Gasteiger partial charge in [-0.1, -0.05) is 25.5 Å². The van der Waals surface area contributed by atoms with Crippen molar-refractivity contribution in [2.75, 3.05) is 5.43 Å². The van der Waals surface area contributed by atoms with Crippen molar-refractivity contribution in [2.24, 2.45) is 11.0 Å². The number of hydrogen-bond donors (Lipinski definition) is 1. The molecule has 1 aliphatic carbocycles. The summed E-state index contributed by atoms with van der Waals surface area (Å²) in [6.45, 7) is 2.19. The van der Waals surface area contributed by atoms with Crippen molar-refractivity contribution in [3.63, 3.8) is 0 Å². The summed E-state index contributed by atoms with van der Waals surface area (Å²) in [7, 11) is 0. The maximum Gasteiger partial charge on any atom is 0.0715 e. The molecule has 0 aromatic heterocycles. The first-order valence-corrected chi connectivity index (χ1v) is 6.30. The lowest BCUT2D eigenvalue weighted by atomic mass is 9.89. The lowest BCUT2D eigenvalue weighted by molar-refractivity contribution is -0.255. The number of anilines is 1. The third-order valence-electron chi connectivity index (χ3n) is 3.34. The molecule has 4 nitrogen and oxygen atoms in total. The Labute approximate surface area is 107 Å². The van der Waals surface area contributed by atoms with Gasteiger partial charge in [0.1, 0.15) is 0 Å². The van der Waals surface area contributed by atoms with Gasteiger partial charge in [0, 0.05) is 5.71 Å². The normalized spacial score (nSPS) is 21.8. The molecule has 1 fully saturated rings. The summed E-state index contributed by atoms with van der Waals surface area (Å²) in [5.41, 5.74) is 5.16. The van der Waals surface area contributed by atoms with Crippen molar-refractivity contribution >= 4 is 17.4 Å². The van der Waals surface area contributed by atoms with Gasteiger partial charge in [0.2, 0.25) is 0 Å². The van der Waals surface area contributed by atoms with E-state index in [0.717, 1.165) is 12.1 Å². The second-order valence-corrected chi connectivity index (χ2v) is 4.73.